The first-order valence-corrected chi connectivity index (χ1v) is 5.93. The molecule has 1 heterocycles. The van der Waals surface area contributed by atoms with Crippen molar-refractivity contribution >= 4 is 29.9 Å². The Morgan fingerprint density at radius 1 is 1.69 bits per heavy atom. The molecule has 0 fully saturated rings. The quantitative estimate of drug-likeness (QED) is 0.804. The highest BCUT2D eigenvalue weighted by molar-refractivity contribution is 7.80. The highest BCUT2D eigenvalue weighted by atomic mass is 32.1. The van der Waals surface area contributed by atoms with Crippen LogP contribution in [0.2, 0.25) is 0 Å². The van der Waals surface area contributed by atoms with E-state index in [-0.39, 0.29) is 10.6 Å². The molecule has 0 aromatic carbocycles. The molecular weight excluding hydrogens is 256 g/mol. The van der Waals surface area contributed by atoms with Crippen molar-refractivity contribution in [2.75, 3.05) is 12.3 Å². The monoisotopic (exact) mass is 267 g/mol. The van der Waals surface area contributed by atoms with Crippen molar-refractivity contribution in [2.45, 2.75) is 13.5 Å². The minimum Gasteiger partial charge on any atom is -0.433 e. The van der Waals surface area contributed by atoms with Gasteiger partial charge in [-0.05, 0) is 13.0 Å². The highest BCUT2D eigenvalue weighted by Crippen LogP contribution is 2.29. The van der Waals surface area contributed by atoms with E-state index in [4.69, 9.17) is 0 Å². The van der Waals surface area contributed by atoms with Crippen LogP contribution in [-0.2, 0) is 0 Å². The Labute approximate surface area is 101 Å². The minimum absolute atomic E-state index is 0.0748. The Kier molecular flexibility index (Phi) is 5.01. The summed E-state index contributed by atoms with van der Waals surface area (Å²) in [5.41, 5.74) is 0. The topological polar surface area (TPSA) is 38.3 Å². The van der Waals surface area contributed by atoms with E-state index in [2.05, 4.69) is 22.7 Å². The van der Waals surface area contributed by atoms with Crippen LogP contribution in [0.4, 0.5) is 8.78 Å². The fraction of sp³-hybridized carbons (Fsp3) is 0.444. The fourth-order valence-corrected chi connectivity index (χ4v) is 2.05. The van der Waals surface area contributed by atoms with Crippen LogP contribution in [-0.4, -0.2) is 24.8 Å². The lowest BCUT2D eigenvalue weighted by Gasteiger charge is -2.05. The Morgan fingerprint density at radius 2 is 2.38 bits per heavy atom. The number of hydrogen-bond donors (Lipinski definition) is 2. The molecule has 0 spiro atoms. The van der Waals surface area contributed by atoms with Gasteiger partial charge in [0, 0.05) is 17.2 Å². The summed E-state index contributed by atoms with van der Waals surface area (Å²) in [5, 5.41) is 2.55. The second-order valence-electron chi connectivity index (χ2n) is 2.91. The third kappa shape index (κ3) is 3.64. The molecule has 1 amide bonds. The molecule has 0 aliphatic rings. The van der Waals surface area contributed by atoms with Crippen LogP contribution < -0.4 is 10.1 Å². The van der Waals surface area contributed by atoms with E-state index in [1.54, 1.807) is 6.92 Å². The Hall–Kier alpha value is -0.820. The molecule has 7 heteroatoms. The van der Waals surface area contributed by atoms with Gasteiger partial charge in [0.15, 0.2) is 0 Å². The number of nitrogens with one attached hydrogen (secondary N) is 1. The first-order chi connectivity index (χ1) is 7.54. The van der Waals surface area contributed by atoms with Gasteiger partial charge in [-0.3, -0.25) is 4.79 Å². The van der Waals surface area contributed by atoms with Gasteiger partial charge >= 0.3 is 6.61 Å². The normalized spacial score (nSPS) is 10.6. The maximum absolute atomic E-state index is 12.1. The van der Waals surface area contributed by atoms with E-state index in [0.29, 0.717) is 12.3 Å². The molecule has 1 rings (SSSR count). The van der Waals surface area contributed by atoms with Crippen molar-refractivity contribution < 1.29 is 18.3 Å². The van der Waals surface area contributed by atoms with E-state index in [9.17, 15) is 13.6 Å². The van der Waals surface area contributed by atoms with Gasteiger partial charge in [0.2, 0.25) is 0 Å². The number of alkyl halides is 2. The second-order valence-corrected chi connectivity index (χ2v) is 4.61. The highest BCUT2D eigenvalue weighted by Gasteiger charge is 2.18. The van der Waals surface area contributed by atoms with E-state index < -0.39 is 12.5 Å². The molecule has 0 bridgehead atoms. The number of amides is 1. The minimum atomic E-state index is -2.93. The summed E-state index contributed by atoms with van der Waals surface area (Å²) in [7, 11) is 0. The average Bonchev–Trinajstić information content (AvgIpc) is 2.55. The van der Waals surface area contributed by atoms with E-state index >= 15 is 0 Å². The summed E-state index contributed by atoms with van der Waals surface area (Å²) in [4.78, 5) is 12.5. The zero-order chi connectivity index (χ0) is 12.1. The number of carbonyl (C=O) groups excluding carboxylic acids is 1. The molecule has 0 aliphatic heterocycles. The fourth-order valence-electron chi connectivity index (χ4n) is 1.08. The number of thiol groups is 1. The average molecular weight is 267 g/mol. The molecular formula is C9H11F2NO2S2. The molecule has 0 aliphatic carbocycles. The lowest BCUT2D eigenvalue weighted by molar-refractivity contribution is -0.0498. The van der Waals surface area contributed by atoms with Crippen molar-refractivity contribution in [2.24, 2.45) is 0 Å². The maximum atomic E-state index is 12.1. The first kappa shape index (κ1) is 13.2. The zero-order valence-corrected chi connectivity index (χ0v) is 10.2. The lowest BCUT2D eigenvalue weighted by Crippen LogP contribution is -2.25. The summed E-state index contributed by atoms with van der Waals surface area (Å²) in [6, 6.07) is 1.42. The number of ether oxygens (including phenoxy) is 1. The van der Waals surface area contributed by atoms with Crippen LogP contribution in [0.15, 0.2) is 6.07 Å². The summed E-state index contributed by atoms with van der Waals surface area (Å²) in [6.07, 6.45) is 0. The van der Waals surface area contributed by atoms with E-state index in [1.165, 1.54) is 6.07 Å². The predicted octanol–water partition coefficient (Wildman–Crippen LogP) is 2.32. The number of thiophene rings is 1. The third-order valence-electron chi connectivity index (χ3n) is 1.64. The molecule has 3 nitrogen and oxygen atoms in total. The summed E-state index contributed by atoms with van der Waals surface area (Å²) in [6.45, 7) is -0.823. The lowest BCUT2D eigenvalue weighted by atomic mass is 10.4. The van der Waals surface area contributed by atoms with Gasteiger partial charge in [0.25, 0.3) is 5.91 Å². The SMILES string of the molecule is Cc1cc(OC(F)F)c(C(=O)NCCS)s1. The zero-order valence-electron chi connectivity index (χ0n) is 8.50. The number of hydrogen-bond acceptors (Lipinski definition) is 4. The summed E-state index contributed by atoms with van der Waals surface area (Å²) < 4.78 is 28.4. The number of carbonyl (C=O) groups is 1. The van der Waals surface area contributed by atoms with Gasteiger partial charge in [-0.15, -0.1) is 11.3 Å². The third-order valence-corrected chi connectivity index (χ3v) is 2.89. The number of halogens is 2. The standard InChI is InChI=1S/C9H11F2NO2S2/c1-5-4-6(14-9(10)11)7(16-5)8(13)12-2-3-15/h4,9,15H,2-3H2,1H3,(H,12,13). The molecule has 0 unspecified atom stereocenters. The largest absolute Gasteiger partial charge is 0.433 e. The van der Waals surface area contributed by atoms with Crippen molar-refractivity contribution in [3.8, 4) is 5.75 Å². The maximum Gasteiger partial charge on any atom is 0.387 e. The van der Waals surface area contributed by atoms with Crippen LogP contribution in [0.25, 0.3) is 0 Å². The van der Waals surface area contributed by atoms with Crippen molar-refractivity contribution in [3.05, 3.63) is 15.8 Å². The van der Waals surface area contributed by atoms with Gasteiger partial charge in [0.1, 0.15) is 10.6 Å². The number of aryl methyl sites for hydroxylation is 1. The van der Waals surface area contributed by atoms with Gasteiger partial charge in [-0.25, -0.2) is 0 Å². The van der Waals surface area contributed by atoms with Gasteiger partial charge in [-0.2, -0.15) is 21.4 Å². The van der Waals surface area contributed by atoms with Crippen LogP contribution in [0.5, 0.6) is 5.75 Å². The van der Waals surface area contributed by atoms with Crippen LogP contribution in [0.3, 0.4) is 0 Å². The number of rotatable bonds is 5. The molecule has 1 aromatic rings. The molecule has 0 saturated carbocycles. The Morgan fingerprint density at radius 3 is 2.94 bits per heavy atom. The molecule has 1 aromatic heterocycles. The van der Waals surface area contributed by atoms with Crippen LogP contribution >= 0.6 is 24.0 Å². The first-order valence-electron chi connectivity index (χ1n) is 4.49. The van der Waals surface area contributed by atoms with Gasteiger partial charge < -0.3 is 10.1 Å². The van der Waals surface area contributed by atoms with E-state index in [1.807, 2.05) is 0 Å². The molecule has 0 radical (unpaired) electrons. The Balaban J connectivity index is 2.81. The van der Waals surface area contributed by atoms with Crippen molar-refractivity contribution in [1.82, 2.24) is 5.32 Å². The van der Waals surface area contributed by atoms with Crippen LogP contribution in [0.1, 0.15) is 14.5 Å². The molecule has 0 atom stereocenters. The van der Waals surface area contributed by atoms with Crippen LogP contribution in [0, 0.1) is 6.92 Å². The molecule has 90 valence electrons. The smallest absolute Gasteiger partial charge is 0.387 e. The van der Waals surface area contributed by atoms with Gasteiger partial charge in [-0.1, -0.05) is 0 Å². The van der Waals surface area contributed by atoms with Gasteiger partial charge in [0.05, 0.1) is 0 Å². The molecule has 1 N–H and O–H groups in total. The summed E-state index contributed by atoms with van der Waals surface area (Å²) >= 11 is 5.05. The molecule has 16 heavy (non-hydrogen) atoms. The van der Waals surface area contributed by atoms with E-state index in [0.717, 1.165) is 16.2 Å². The Bertz CT molecular complexity index is 368. The van der Waals surface area contributed by atoms with Crippen molar-refractivity contribution in [3.63, 3.8) is 0 Å². The second kappa shape index (κ2) is 6.05. The van der Waals surface area contributed by atoms with Crippen molar-refractivity contribution in [1.29, 1.82) is 0 Å². The summed E-state index contributed by atoms with van der Waals surface area (Å²) in [5.74, 6) is -0.00168. The predicted molar refractivity (Wildman–Crippen MR) is 61.9 cm³/mol. The molecule has 0 saturated heterocycles.